The van der Waals surface area contributed by atoms with Crippen molar-refractivity contribution in [1.29, 1.82) is 0 Å². The van der Waals surface area contributed by atoms with Crippen LogP contribution >= 0.6 is 0 Å². The molecule has 8 heteroatoms. The van der Waals surface area contributed by atoms with Gasteiger partial charge in [-0.2, -0.15) is 0 Å². The van der Waals surface area contributed by atoms with Crippen LogP contribution in [0.1, 0.15) is 47.1 Å². The molecule has 0 saturated carbocycles. The molecule has 2 rings (SSSR count). The zero-order chi connectivity index (χ0) is 20.6. The van der Waals surface area contributed by atoms with Gasteiger partial charge in [-0.25, -0.2) is 14.4 Å². The first kappa shape index (κ1) is 20.5. The van der Waals surface area contributed by atoms with E-state index in [0.29, 0.717) is 16.9 Å². The molecule has 1 atom stereocenters. The summed E-state index contributed by atoms with van der Waals surface area (Å²) in [7, 11) is 0. The molecule has 1 aromatic rings. The van der Waals surface area contributed by atoms with Gasteiger partial charge in [0.1, 0.15) is 17.2 Å². The number of carbonyl (C=O) groups is 3. The summed E-state index contributed by atoms with van der Waals surface area (Å²) >= 11 is 0. The minimum atomic E-state index is -1.15. The number of carboxylic acid groups (broad SMARTS) is 1. The molecule has 0 fully saturated rings. The molecule has 0 saturated heterocycles. The van der Waals surface area contributed by atoms with E-state index in [1.807, 2.05) is 0 Å². The number of carbonyl (C=O) groups excluding carboxylic acids is 2. The highest BCUT2D eigenvalue weighted by molar-refractivity contribution is 6.01. The summed E-state index contributed by atoms with van der Waals surface area (Å²) in [4.78, 5) is 37.5. The van der Waals surface area contributed by atoms with Crippen LogP contribution in [0, 0.1) is 0 Å². The van der Waals surface area contributed by atoms with Crippen LogP contribution in [0.2, 0.25) is 0 Å². The number of benzene rings is 1. The number of rotatable bonds is 2. The van der Waals surface area contributed by atoms with Crippen molar-refractivity contribution in [3.63, 3.8) is 0 Å². The first-order valence-electron chi connectivity index (χ1n) is 8.65. The standard InChI is InChI=1S/C19H26N2O6/c1-18(2,3)26-16(24)20-12-8-7-9-13-11(12)10-14(15(22)23)21(13)17(25)27-19(4,5)6/h7-9,14H,10H2,1-6H3,(H,20,24)(H,22,23)/t14-/m0/s1. The van der Waals surface area contributed by atoms with Gasteiger partial charge in [0.15, 0.2) is 0 Å². The lowest BCUT2D eigenvalue weighted by Gasteiger charge is -2.27. The van der Waals surface area contributed by atoms with Gasteiger partial charge < -0.3 is 14.6 Å². The molecule has 0 bridgehead atoms. The summed E-state index contributed by atoms with van der Waals surface area (Å²) in [6.45, 7) is 10.3. The average Bonchev–Trinajstić information content (AvgIpc) is 2.84. The Morgan fingerprint density at radius 3 is 2.19 bits per heavy atom. The van der Waals surface area contributed by atoms with Crippen LogP contribution < -0.4 is 10.2 Å². The van der Waals surface area contributed by atoms with E-state index in [0.717, 1.165) is 4.90 Å². The van der Waals surface area contributed by atoms with Gasteiger partial charge in [-0.1, -0.05) is 6.07 Å². The van der Waals surface area contributed by atoms with E-state index in [4.69, 9.17) is 9.47 Å². The minimum Gasteiger partial charge on any atom is -0.480 e. The molecular weight excluding hydrogens is 352 g/mol. The Bertz CT molecular complexity index is 760. The van der Waals surface area contributed by atoms with E-state index < -0.39 is 35.4 Å². The minimum absolute atomic E-state index is 0.0515. The molecule has 27 heavy (non-hydrogen) atoms. The Kier molecular flexibility index (Phi) is 5.40. The maximum absolute atomic E-state index is 12.6. The maximum atomic E-state index is 12.6. The SMILES string of the molecule is CC(C)(C)OC(=O)Nc1cccc2c1C[C@@H](C(=O)O)N2C(=O)OC(C)(C)C. The van der Waals surface area contributed by atoms with Crippen LogP contribution in [0.15, 0.2) is 18.2 Å². The molecular formula is C19H26N2O6. The highest BCUT2D eigenvalue weighted by Gasteiger charge is 2.41. The van der Waals surface area contributed by atoms with Crippen molar-refractivity contribution in [1.82, 2.24) is 0 Å². The lowest BCUT2D eigenvalue weighted by atomic mass is 10.1. The Balaban J connectivity index is 2.36. The quantitative estimate of drug-likeness (QED) is 0.811. The smallest absolute Gasteiger partial charge is 0.415 e. The number of fused-ring (bicyclic) bond motifs is 1. The number of carboxylic acids is 1. The summed E-state index contributed by atoms with van der Waals surface area (Å²) < 4.78 is 10.6. The van der Waals surface area contributed by atoms with Gasteiger partial charge in [0.05, 0.1) is 5.69 Å². The largest absolute Gasteiger partial charge is 0.480 e. The molecule has 1 aliphatic heterocycles. The lowest BCUT2D eigenvalue weighted by molar-refractivity contribution is -0.138. The summed E-state index contributed by atoms with van der Waals surface area (Å²) in [6, 6.07) is 3.78. The summed E-state index contributed by atoms with van der Waals surface area (Å²) in [6.07, 6.45) is -1.35. The molecule has 0 spiro atoms. The first-order chi connectivity index (χ1) is 12.3. The van der Waals surface area contributed by atoms with Crippen LogP contribution in [-0.2, 0) is 20.7 Å². The van der Waals surface area contributed by atoms with Crippen molar-refractivity contribution in [3.8, 4) is 0 Å². The second-order valence-electron chi connectivity index (χ2n) is 8.34. The molecule has 1 aromatic carbocycles. The number of anilines is 2. The fourth-order valence-electron chi connectivity index (χ4n) is 2.73. The lowest BCUT2D eigenvalue weighted by Crippen LogP contribution is -2.45. The van der Waals surface area contributed by atoms with Gasteiger partial charge in [0.25, 0.3) is 0 Å². The van der Waals surface area contributed by atoms with Crippen LogP contribution in [-0.4, -0.2) is 40.5 Å². The van der Waals surface area contributed by atoms with Crippen LogP contribution in [0.4, 0.5) is 21.0 Å². The van der Waals surface area contributed by atoms with Crippen LogP contribution in [0.3, 0.4) is 0 Å². The van der Waals surface area contributed by atoms with E-state index in [9.17, 15) is 19.5 Å². The van der Waals surface area contributed by atoms with E-state index in [2.05, 4.69) is 5.32 Å². The molecule has 1 aliphatic rings. The number of hydrogen-bond donors (Lipinski definition) is 2. The number of nitrogens with zero attached hydrogens (tertiary/aromatic N) is 1. The zero-order valence-corrected chi connectivity index (χ0v) is 16.5. The van der Waals surface area contributed by atoms with Gasteiger partial charge in [-0.15, -0.1) is 0 Å². The average molecular weight is 378 g/mol. The number of hydrogen-bond acceptors (Lipinski definition) is 5. The van der Waals surface area contributed by atoms with E-state index in [-0.39, 0.29) is 6.42 Å². The Labute approximate surface area is 158 Å². The molecule has 0 radical (unpaired) electrons. The number of aliphatic carboxylic acids is 1. The Morgan fingerprint density at radius 1 is 1.07 bits per heavy atom. The van der Waals surface area contributed by atoms with E-state index in [1.165, 1.54) is 0 Å². The van der Waals surface area contributed by atoms with Crippen molar-refractivity contribution in [3.05, 3.63) is 23.8 Å². The van der Waals surface area contributed by atoms with Crippen molar-refractivity contribution in [2.75, 3.05) is 10.2 Å². The summed E-state index contributed by atoms with van der Waals surface area (Å²) in [5.74, 6) is -1.15. The second kappa shape index (κ2) is 7.09. The van der Waals surface area contributed by atoms with E-state index >= 15 is 0 Å². The third kappa shape index (κ3) is 5.12. The van der Waals surface area contributed by atoms with Gasteiger partial charge in [0.2, 0.25) is 0 Å². The fourth-order valence-corrected chi connectivity index (χ4v) is 2.73. The van der Waals surface area contributed by atoms with Crippen molar-refractivity contribution >= 4 is 29.5 Å². The summed E-state index contributed by atoms with van der Waals surface area (Å²) in [5, 5.41) is 12.2. The topological polar surface area (TPSA) is 105 Å². The number of amides is 2. The van der Waals surface area contributed by atoms with Crippen LogP contribution in [0.5, 0.6) is 0 Å². The maximum Gasteiger partial charge on any atom is 0.415 e. The Morgan fingerprint density at radius 2 is 1.67 bits per heavy atom. The molecule has 1 heterocycles. The predicted octanol–water partition coefficient (Wildman–Crippen LogP) is 3.78. The van der Waals surface area contributed by atoms with E-state index in [1.54, 1.807) is 59.7 Å². The molecule has 0 unspecified atom stereocenters. The Hall–Kier alpha value is -2.77. The first-order valence-corrected chi connectivity index (χ1v) is 8.65. The number of ether oxygens (including phenoxy) is 2. The number of nitrogens with one attached hydrogen (secondary N) is 1. The summed E-state index contributed by atoms with van der Waals surface area (Å²) in [5.41, 5.74) is -0.102. The second-order valence-corrected chi connectivity index (χ2v) is 8.34. The van der Waals surface area contributed by atoms with Crippen molar-refractivity contribution in [2.24, 2.45) is 0 Å². The molecule has 0 aliphatic carbocycles. The van der Waals surface area contributed by atoms with Gasteiger partial charge >= 0.3 is 18.2 Å². The predicted molar refractivity (Wildman–Crippen MR) is 100 cm³/mol. The van der Waals surface area contributed by atoms with Gasteiger partial charge in [-0.05, 0) is 53.7 Å². The third-order valence-corrected chi connectivity index (χ3v) is 3.63. The zero-order valence-electron chi connectivity index (χ0n) is 16.5. The molecule has 2 amide bonds. The molecule has 2 N–H and O–H groups in total. The highest BCUT2D eigenvalue weighted by Crippen LogP contribution is 2.38. The van der Waals surface area contributed by atoms with Gasteiger partial charge in [0, 0.05) is 17.7 Å². The fraction of sp³-hybridized carbons (Fsp3) is 0.526. The third-order valence-electron chi connectivity index (χ3n) is 3.63. The van der Waals surface area contributed by atoms with Gasteiger partial charge in [-0.3, -0.25) is 10.2 Å². The molecule has 148 valence electrons. The normalized spacial score (nSPS) is 16.5. The van der Waals surface area contributed by atoms with Crippen LogP contribution in [0.25, 0.3) is 0 Å². The monoisotopic (exact) mass is 378 g/mol. The highest BCUT2D eigenvalue weighted by atomic mass is 16.6. The van der Waals surface area contributed by atoms with Crippen molar-refractivity contribution < 1.29 is 29.0 Å². The molecule has 0 aromatic heterocycles. The van der Waals surface area contributed by atoms with Crippen molar-refractivity contribution in [2.45, 2.75) is 65.2 Å². The molecule has 8 nitrogen and oxygen atoms in total.